The molecule has 0 aliphatic rings. The number of nitrogens with zero attached hydrogens (tertiary/aromatic N) is 3. The maximum absolute atomic E-state index is 13.2. The van der Waals surface area contributed by atoms with Crippen molar-refractivity contribution >= 4 is 49.9 Å². The highest BCUT2D eigenvalue weighted by Gasteiger charge is 2.18. The lowest BCUT2D eigenvalue weighted by molar-refractivity contribution is -0.139. The lowest BCUT2D eigenvalue weighted by Gasteiger charge is -2.02. The maximum atomic E-state index is 13.2. The Labute approximate surface area is 172 Å². The van der Waals surface area contributed by atoms with Crippen LogP contribution in [-0.4, -0.2) is 33.8 Å². The number of halogens is 1. The van der Waals surface area contributed by atoms with Crippen LogP contribution in [0.5, 0.6) is 0 Å². The van der Waals surface area contributed by atoms with Crippen molar-refractivity contribution in [2.45, 2.75) is 13.3 Å². The molecule has 0 saturated carbocycles. The number of methoxy groups -OCH3 is 1. The summed E-state index contributed by atoms with van der Waals surface area (Å²) in [6.45, 7) is 1.86. The van der Waals surface area contributed by atoms with Gasteiger partial charge in [-0.3, -0.25) is 14.9 Å². The Kier molecular flexibility index (Phi) is 5.12. The number of amides is 1. The molecule has 148 valence electrons. The summed E-state index contributed by atoms with van der Waals surface area (Å²) in [6.07, 6.45) is 0.0540. The van der Waals surface area contributed by atoms with E-state index in [2.05, 4.69) is 20.1 Å². The van der Waals surface area contributed by atoms with Gasteiger partial charge in [0, 0.05) is 10.8 Å². The number of esters is 1. The molecule has 0 aliphatic heterocycles. The molecular formula is C19H15FN4O3S2. The molecule has 1 aromatic carbocycles. The van der Waals surface area contributed by atoms with Crippen molar-refractivity contribution in [3.63, 3.8) is 0 Å². The molecular weight excluding hydrogens is 415 g/mol. The first kappa shape index (κ1) is 19.2. The molecule has 7 nitrogen and oxygen atoms in total. The van der Waals surface area contributed by atoms with E-state index in [9.17, 15) is 14.0 Å². The van der Waals surface area contributed by atoms with Crippen LogP contribution in [0.15, 0.2) is 35.7 Å². The van der Waals surface area contributed by atoms with E-state index in [1.165, 1.54) is 41.9 Å². The minimum Gasteiger partial charge on any atom is -0.469 e. The summed E-state index contributed by atoms with van der Waals surface area (Å²) in [5.41, 5.74) is 2.02. The summed E-state index contributed by atoms with van der Waals surface area (Å²) in [7, 11) is 1.31. The molecule has 0 fully saturated rings. The van der Waals surface area contributed by atoms with Gasteiger partial charge in [-0.15, -0.1) is 22.7 Å². The van der Waals surface area contributed by atoms with Crippen LogP contribution >= 0.6 is 22.7 Å². The van der Waals surface area contributed by atoms with Crippen molar-refractivity contribution in [3.8, 4) is 5.69 Å². The van der Waals surface area contributed by atoms with Gasteiger partial charge in [0.2, 0.25) is 0 Å². The van der Waals surface area contributed by atoms with Gasteiger partial charge in [0.1, 0.15) is 10.6 Å². The summed E-state index contributed by atoms with van der Waals surface area (Å²) in [5, 5.41) is 10.2. The fraction of sp³-hybridized carbons (Fsp3) is 0.158. The summed E-state index contributed by atoms with van der Waals surface area (Å²) in [4.78, 5) is 29.5. The van der Waals surface area contributed by atoms with Crippen LogP contribution in [0.4, 0.5) is 9.52 Å². The average molecular weight is 430 g/mol. The van der Waals surface area contributed by atoms with Gasteiger partial charge in [-0.25, -0.2) is 14.1 Å². The van der Waals surface area contributed by atoms with Gasteiger partial charge in [-0.05, 0) is 37.3 Å². The zero-order chi connectivity index (χ0) is 20.5. The Hall–Kier alpha value is -3.11. The molecule has 0 spiro atoms. The van der Waals surface area contributed by atoms with Crippen LogP contribution in [-0.2, 0) is 16.0 Å². The second kappa shape index (κ2) is 7.72. The predicted octanol–water partition coefficient (Wildman–Crippen LogP) is 3.96. The minimum absolute atomic E-state index is 0.0540. The highest BCUT2D eigenvalue weighted by molar-refractivity contribution is 7.20. The molecule has 4 aromatic rings. The van der Waals surface area contributed by atoms with E-state index < -0.39 is 5.97 Å². The van der Waals surface area contributed by atoms with Gasteiger partial charge < -0.3 is 4.74 Å². The van der Waals surface area contributed by atoms with Crippen LogP contribution in [0, 0.1) is 12.7 Å². The number of benzene rings is 1. The number of aryl methyl sites for hydroxylation is 1. The first-order valence-corrected chi connectivity index (χ1v) is 10.2. The number of aromatic nitrogens is 3. The second-order valence-electron chi connectivity index (χ2n) is 6.15. The van der Waals surface area contributed by atoms with Gasteiger partial charge in [0.05, 0.1) is 35.5 Å². The molecule has 0 unspecified atom stereocenters. The minimum atomic E-state index is -0.390. The third-order valence-electron chi connectivity index (χ3n) is 4.16. The molecule has 0 bridgehead atoms. The fourth-order valence-electron chi connectivity index (χ4n) is 2.74. The number of hydrogen-bond donors (Lipinski definition) is 1. The van der Waals surface area contributed by atoms with Gasteiger partial charge in [0.25, 0.3) is 5.91 Å². The Morgan fingerprint density at radius 3 is 2.76 bits per heavy atom. The smallest absolute Gasteiger partial charge is 0.311 e. The molecule has 0 radical (unpaired) electrons. The molecule has 29 heavy (non-hydrogen) atoms. The Morgan fingerprint density at radius 2 is 2.03 bits per heavy atom. The van der Waals surface area contributed by atoms with Crippen LogP contribution in [0.1, 0.15) is 21.1 Å². The van der Waals surface area contributed by atoms with E-state index in [-0.39, 0.29) is 18.1 Å². The molecule has 0 atom stereocenters. The van der Waals surface area contributed by atoms with Crippen molar-refractivity contribution in [2.24, 2.45) is 0 Å². The number of thiazole rings is 1. The van der Waals surface area contributed by atoms with E-state index >= 15 is 0 Å². The lowest BCUT2D eigenvalue weighted by atomic mass is 10.3. The second-order valence-corrected chi connectivity index (χ2v) is 8.04. The summed E-state index contributed by atoms with van der Waals surface area (Å²) < 4.78 is 19.5. The number of rotatable bonds is 5. The van der Waals surface area contributed by atoms with Gasteiger partial charge in [-0.1, -0.05) is 0 Å². The highest BCUT2D eigenvalue weighted by atomic mass is 32.1. The summed E-state index contributed by atoms with van der Waals surface area (Å²) >= 11 is 2.53. The van der Waals surface area contributed by atoms with Gasteiger partial charge in [-0.2, -0.15) is 5.10 Å². The Bertz CT molecular complexity index is 1210. The molecule has 4 rings (SSSR count). The number of hydrogen-bond acceptors (Lipinski definition) is 7. The standard InChI is InChI=1S/C19H15FN4O3S2/c1-10-14-8-15(17(26)22-19-21-12(9-28-19)7-16(25)27-2)29-18(14)24(23-10)13-5-3-11(20)4-6-13/h3-6,8-9H,7H2,1-2H3,(H,21,22,26). The SMILES string of the molecule is COC(=O)Cc1csc(NC(=O)c2cc3c(C)nn(-c4ccc(F)cc4)c3s2)n1. The zero-order valence-electron chi connectivity index (χ0n) is 15.4. The van der Waals surface area contributed by atoms with E-state index in [4.69, 9.17) is 0 Å². The summed E-state index contributed by atoms with van der Waals surface area (Å²) in [5.74, 6) is -1.01. The number of carbonyl (C=O) groups excluding carboxylic acids is 2. The third kappa shape index (κ3) is 3.89. The van der Waals surface area contributed by atoms with Crippen molar-refractivity contribution in [2.75, 3.05) is 12.4 Å². The van der Waals surface area contributed by atoms with Gasteiger partial charge >= 0.3 is 5.97 Å². The van der Waals surface area contributed by atoms with Crippen LogP contribution in [0.2, 0.25) is 0 Å². The normalized spacial score (nSPS) is 11.0. The summed E-state index contributed by atoms with van der Waals surface area (Å²) in [6, 6.07) is 7.79. The van der Waals surface area contributed by atoms with Crippen molar-refractivity contribution in [1.82, 2.24) is 14.8 Å². The number of thiophene rings is 1. The molecule has 1 N–H and O–H groups in total. The zero-order valence-corrected chi connectivity index (χ0v) is 17.1. The number of carbonyl (C=O) groups is 2. The highest BCUT2D eigenvalue weighted by Crippen LogP contribution is 2.31. The van der Waals surface area contributed by atoms with Crippen molar-refractivity contribution in [3.05, 3.63) is 57.8 Å². The first-order chi connectivity index (χ1) is 13.9. The number of fused-ring (bicyclic) bond motifs is 1. The number of ether oxygens (including phenoxy) is 1. The molecule has 10 heteroatoms. The molecule has 3 aromatic heterocycles. The Balaban J connectivity index is 1.58. The van der Waals surface area contributed by atoms with E-state index in [1.807, 2.05) is 6.92 Å². The predicted molar refractivity (Wildman–Crippen MR) is 109 cm³/mol. The largest absolute Gasteiger partial charge is 0.469 e. The molecule has 0 saturated heterocycles. The van der Waals surface area contributed by atoms with Crippen molar-refractivity contribution < 1.29 is 18.7 Å². The van der Waals surface area contributed by atoms with E-state index in [0.29, 0.717) is 21.4 Å². The molecule has 1 amide bonds. The number of anilines is 1. The Morgan fingerprint density at radius 1 is 1.28 bits per heavy atom. The fourth-order valence-corrected chi connectivity index (χ4v) is 4.52. The van der Waals surface area contributed by atoms with Crippen LogP contribution < -0.4 is 5.32 Å². The third-order valence-corrected chi connectivity index (χ3v) is 6.08. The molecule has 3 heterocycles. The van der Waals surface area contributed by atoms with Crippen LogP contribution in [0.25, 0.3) is 15.9 Å². The quantitative estimate of drug-likeness (QED) is 0.485. The topological polar surface area (TPSA) is 86.1 Å². The van der Waals surface area contributed by atoms with Crippen molar-refractivity contribution in [1.29, 1.82) is 0 Å². The van der Waals surface area contributed by atoms with E-state index in [1.54, 1.807) is 28.3 Å². The number of nitrogens with one attached hydrogen (secondary N) is 1. The monoisotopic (exact) mass is 430 g/mol. The van der Waals surface area contributed by atoms with Gasteiger partial charge in [0.15, 0.2) is 5.13 Å². The lowest BCUT2D eigenvalue weighted by Crippen LogP contribution is -2.10. The first-order valence-electron chi connectivity index (χ1n) is 8.52. The molecule has 0 aliphatic carbocycles. The van der Waals surface area contributed by atoms with Crippen LogP contribution in [0.3, 0.4) is 0 Å². The van der Waals surface area contributed by atoms with E-state index in [0.717, 1.165) is 15.9 Å². The maximum Gasteiger partial charge on any atom is 0.311 e. The average Bonchev–Trinajstić information content (AvgIpc) is 3.40.